The lowest BCUT2D eigenvalue weighted by Crippen LogP contribution is -2.36. The number of ether oxygens (including phenoxy) is 1. The second-order valence-electron chi connectivity index (χ2n) is 4.78. The molecule has 1 atom stereocenters. The predicted octanol–water partition coefficient (Wildman–Crippen LogP) is 3.41. The first-order chi connectivity index (χ1) is 10.6. The lowest BCUT2D eigenvalue weighted by atomic mass is 10.1. The molecular formula is C16H18BrN3O2. The minimum Gasteiger partial charge on any atom is -0.481 e. The highest BCUT2D eigenvalue weighted by molar-refractivity contribution is 9.10. The molecule has 22 heavy (non-hydrogen) atoms. The second-order valence-corrected chi connectivity index (χ2v) is 5.63. The van der Waals surface area contributed by atoms with E-state index in [0.29, 0.717) is 12.4 Å². The SMILES string of the molecule is COc1ccc(CNC(=O)NC(C)c2ccccc2Br)cn1. The molecule has 1 unspecified atom stereocenters. The molecule has 1 aromatic heterocycles. The van der Waals surface area contributed by atoms with E-state index in [1.807, 2.05) is 37.3 Å². The Labute approximate surface area is 138 Å². The molecule has 0 spiro atoms. The van der Waals surface area contributed by atoms with Gasteiger partial charge in [0.15, 0.2) is 0 Å². The van der Waals surface area contributed by atoms with Crippen LogP contribution in [0.1, 0.15) is 24.1 Å². The molecule has 0 saturated carbocycles. The van der Waals surface area contributed by atoms with Gasteiger partial charge in [-0.2, -0.15) is 0 Å². The van der Waals surface area contributed by atoms with Gasteiger partial charge in [0.2, 0.25) is 5.88 Å². The molecule has 2 amide bonds. The molecule has 0 bridgehead atoms. The Hall–Kier alpha value is -2.08. The lowest BCUT2D eigenvalue weighted by Gasteiger charge is -2.16. The molecule has 0 saturated heterocycles. The van der Waals surface area contributed by atoms with Crippen LogP contribution in [0.5, 0.6) is 5.88 Å². The lowest BCUT2D eigenvalue weighted by molar-refractivity contribution is 0.237. The summed E-state index contributed by atoms with van der Waals surface area (Å²) < 4.78 is 5.97. The number of pyridine rings is 1. The van der Waals surface area contributed by atoms with Crippen LogP contribution in [0.25, 0.3) is 0 Å². The van der Waals surface area contributed by atoms with Crippen molar-refractivity contribution in [1.82, 2.24) is 15.6 Å². The van der Waals surface area contributed by atoms with E-state index in [2.05, 4.69) is 31.5 Å². The Morgan fingerprint density at radius 2 is 2.09 bits per heavy atom. The topological polar surface area (TPSA) is 63.2 Å². The number of hydrogen-bond acceptors (Lipinski definition) is 3. The normalized spacial score (nSPS) is 11.6. The fourth-order valence-corrected chi connectivity index (χ4v) is 2.60. The van der Waals surface area contributed by atoms with Crippen molar-refractivity contribution in [2.45, 2.75) is 19.5 Å². The van der Waals surface area contributed by atoms with Crippen LogP contribution >= 0.6 is 15.9 Å². The Kier molecular flexibility index (Phi) is 5.77. The van der Waals surface area contributed by atoms with Gasteiger partial charge in [-0.3, -0.25) is 0 Å². The summed E-state index contributed by atoms with van der Waals surface area (Å²) in [4.78, 5) is 16.0. The van der Waals surface area contributed by atoms with Crippen LogP contribution in [0.4, 0.5) is 4.79 Å². The predicted molar refractivity (Wildman–Crippen MR) is 88.7 cm³/mol. The van der Waals surface area contributed by atoms with Crippen LogP contribution in [0.15, 0.2) is 47.1 Å². The van der Waals surface area contributed by atoms with E-state index in [9.17, 15) is 4.79 Å². The summed E-state index contributed by atoms with van der Waals surface area (Å²) in [6.45, 7) is 2.35. The third-order valence-corrected chi connectivity index (χ3v) is 3.90. The van der Waals surface area contributed by atoms with Crippen molar-refractivity contribution in [3.05, 3.63) is 58.2 Å². The van der Waals surface area contributed by atoms with Gasteiger partial charge in [0, 0.05) is 23.3 Å². The number of methoxy groups -OCH3 is 1. The van der Waals surface area contributed by atoms with Gasteiger partial charge in [0.05, 0.1) is 13.2 Å². The maximum atomic E-state index is 12.0. The molecule has 0 aliphatic heterocycles. The Balaban J connectivity index is 1.86. The maximum absolute atomic E-state index is 12.0. The van der Waals surface area contributed by atoms with Gasteiger partial charge < -0.3 is 15.4 Å². The second kappa shape index (κ2) is 7.79. The largest absolute Gasteiger partial charge is 0.481 e. The molecule has 2 rings (SSSR count). The van der Waals surface area contributed by atoms with Crippen molar-refractivity contribution in [1.29, 1.82) is 0 Å². The molecule has 0 aliphatic rings. The zero-order chi connectivity index (χ0) is 15.9. The first kappa shape index (κ1) is 16.3. The quantitative estimate of drug-likeness (QED) is 0.855. The van der Waals surface area contributed by atoms with Crippen LogP contribution in [0.3, 0.4) is 0 Å². The Morgan fingerprint density at radius 3 is 2.73 bits per heavy atom. The van der Waals surface area contributed by atoms with E-state index in [4.69, 9.17) is 4.74 Å². The van der Waals surface area contributed by atoms with Gasteiger partial charge in [-0.05, 0) is 24.1 Å². The summed E-state index contributed by atoms with van der Waals surface area (Å²) in [5, 5.41) is 5.72. The number of halogens is 1. The van der Waals surface area contributed by atoms with Crippen LogP contribution in [0.2, 0.25) is 0 Å². The van der Waals surface area contributed by atoms with Crippen LogP contribution in [0, 0.1) is 0 Å². The standard InChI is InChI=1S/C16H18BrN3O2/c1-11(13-5-3-4-6-14(13)17)20-16(21)19-10-12-7-8-15(22-2)18-9-12/h3-9,11H,10H2,1-2H3,(H2,19,20,21). The summed E-state index contributed by atoms with van der Waals surface area (Å²) >= 11 is 3.48. The van der Waals surface area contributed by atoms with Crippen molar-refractivity contribution in [3.63, 3.8) is 0 Å². The molecule has 2 aromatic rings. The minimum atomic E-state index is -0.223. The number of rotatable bonds is 5. The van der Waals surface area contributed by atoms with Gasteiger partial charge in [-0.25, -0.2) is 9.78 Å². The Morgan fingerprint density at radius 1 is 1.32 bits per heavy atom. The summed E-state index contributed by atoms with van der Waals surface area (Å²) in [7, 11) is 1.57. The molecule has 6 heteroatoms. The summed E-state index contributed by atoms with van der Waals surface area (Å²) in [5.41, 5.74) is 1.94. The molecule has 1 heterocycles. The molecule has 1 aromatic carbocycles. The number of benzene rings is 1. The summed E-state index contributed by atoms with van der Waals surface area (Å²) in [5.74, 6) is 0.552. The third-order valence-electron chi connectivity index (χ3n) is 3.18. The first-order valence-electron chi connectivity index (χ1n) is 6.88. The van der Waals surface area contributed by atoms with E-state index < -0.39 is 0 Å². The van der Waals surface area contributed by atoms with Crippen molar-refractivity contribution in [2.24, 2.45) is 0 Å². The monoisotopic (exact) mass is 363 g/mol. The third kappa shape index (κ3) is 4.46. The zero-order valence-corrected chi connectivity index (χ0v) is 14.1. The molecule has 0 fully saturated rings. The van der Waals surface area contributed by atoms with Crippen molar-refractivity contribution in [3.8, 4) is 5.88 Å². The van der Waals surface area contributed by atoms with Gasteiger partial charge >= 0.3 is 6.03 Å². The number of aromatic nitrogens is 1. The molecule has 0 aliphatic carbocycles. The van der Waals surface area contributed by atoms with Crippen LogP contribution in [-0.4, -0.2) is 18.1 Å². The van der Waals surface area contributed by atoms with E-state index in [1.165, 1.54) is 0 Å². The highest BCUT2D eigenvalue weighted by atomic mass is 79.9. The number of urea groups is 1. The van der Waals surface area contributed by atoms with E-state index in [1.54, 1.807) is 19.4 Å². The molecule has 5 nitrogen and oxygen atoms in total. The van der Waals surface area contributed by atoms with Gasteiger partial charge in [0.1, 0.15) is 0 Å². The average molecular weight is 364 g/mol. The van der Waals surface area contributed by atoms with E-state index in [0.717, 1.165) is 15.6 Å². The fourth-order valence-electron chi connectivity index (χ4n) is 1.97. The van der Waals surface area contributed by atoms with Crippen molar-refractivity contribution < 1.29 is 9.53 Å². The molecule has 116 valence electrons. The molecule has 2 N–H and O–H groups in total. The fraction of sp³-hybridized carbons (Fsp3) is 0.250. The van der Waals surface area contributed by atoms with Crippen molar-refractivity contribution >= 4 is 22.0 Å². The van der Waals surface area contributed by atoms with Crippen molar-refractivity contribution in [2.75, 3.05) is 7.11 Å². The summed E-state index contributed by atoms with van der Waals surface area (Å²) in [6, 6.07) is 11.1. The Bertz CT molecular complexity index is 632. The van der Waals surface area contributed by atoms with E-state index in [-0.39, 0.29) is 12.1 Å². The number of nitrogens with one attached hydrogen (secondary N) is 2. The van der Waals surface area contributed by atoms with Gasteiger partial charge in [0.25, 0.3) is 0 Å². The highest BCUT2D eigenvalue weighted by Gasteiger charge is 2.11. The van der Waals surface area contributed by atoms with Crippen LogP contribution < -0.4 is 15.4 Å². The summed E-state index contributed by atoms with van der Waals surface area (Å²) in [6.07, 6.45) is 1.68. The maximum Gasteiger partial charge on any atom is 0.315 e. The molecule has 0 radical (unpaired) electrons. The smallest absolute Gasteiger partial charge is 0.315 e. The first-order valence-corrected chi connectivity index (χ1v) is 7.67. The highest BCUT2D eigenvalue weighted by Crippen LogP contribution is 2.22. The zero-order valence-electron chi connectivity index (χ0n) is 12.5. The average Bonchev–Trinajstić information content (AvgIpc) is 2.53. The number of carbonyl (C=O) groups is 1. The number of nitrogens with zero attached hydrogens (tertiary/aromatic N) is 1. The number of carbonyl (C=O) groups excluding carboxylic acids is 1. The van der Waals surface area contributed by atoms with E-state index >= 15 is 0 Å². The van der Waals surface area contributed by atoms with Gasteiger partial charge in [-0.15, -0.1) is 0 Å². The van der Waals surface area contributed by atoms with Crippen LogP contribution in [-0.2, 0) is 6.54 Å². The minimum absolute atomic E-state index is 0.0930. The number of hydrogen-bond donors (Lipinski definition) is 2. The number of amides is 2. The molecular weight excluding hydrogens is 346 g/mol. The van der Waals surface area contributed by atoms with Gasteiger partial charge in [-0.1, -0.05) is 40.2 Å².